The number of rotatable bonds is 4. The molecular weight excluding hydrogens is 368 g/mol. The van der Waals surface area contributed by atoms with Crippen molar-refractivity contribution in [3.8, 4) is 0 Å². The molecule has 0 spiro atoms. The highest BCUT2D eigenvalue weighted by atomic mass is 32.1. The van der Waals surface area contributed by atoms with Crippen LogP contribution in [0.4, 0.5) is 11.4 Å². The minimum absolute atomic E-state index is 0.104. The molecule has 0 atom stereocenters. The van der Waals surface area contributed by atoms with E-state index in [1.807, 2.05) is 0 Å². The van der Waals surface area contributed by atoms with Crippen LogP contribution in [0.2, 0.25) is 0 Å². The summed E-state index contributed by atoms with van der Waals surface area (Å²) in [6.45, 7) is 5.86. The number of nitrogens with zero attached hydrogens (tertiary/aromatic N) is 6. The summed E-state index contributed by atoms with van der Waals surface area (Å²) in [5.74, 6) is 0. The Labute approximate surface area is 158 Å². The average Bonchev–Trinajstić information content (AvgIpc) is 3.05. The lowest BCUT2D eigenvalue weighted by Crippen LogP contribution is -2.45. The minimum Gasteiger partial charge on any atom is -0.369 e. The van der Waals surface area contributed by atoms with Crippen molar-refractivity contribution in [2.75, 3.05) is 31.1 Å². The molecule has 0 unspecified atom stereocenters. The van der Waals surface area contributed by atoms with E-state index in [4.69, 9.17) is 0 Å². The van der Waals surface area contributed by atoms with Gasteiger partial charge in [0.1, 0.15) is 5.01 Å². The number of nitro benzene ring substituents is 1. The van der Waals surface area contributed by atoms with Gasteiger partial charge in [-0.1, -0.05) is 11.3 Å². The molecule has 1 aliphatic heterocycles. The van der Waals surface area contributed by atoms with Crippen molar-refractivity contribution in [3.63, 3.8) is 0 Å². The zero-order valence-electron chi connectivity index (χ0n) is 14.7. The van der Waals surface area contributed by atoms with Gasteiger partial charge in [0.15, 0.2) is 0 Å². The first-order valence-electron chi connectivity index (χ1n) is 8.58. The van der Waals surface area contributed by atoms with E-state index in [1.165, 1.54) is 34.1 Å². The van der Waals surface area contributed by atoms with E-state index in [-0.39, 0.29) is 16.2 Å². The van der Waals surface area contributed by atoms with Crippen LogP contribution in [0.15, 0.2) is 35.1 Å². The summed E-state index contributed by atoms with van der Waals surface area (Å²) in [4.78, 5) is 31.8. The summed E-state index contributed by atoms with van der Waals surface area (Å²) in [7, 11) is 0. The molecule has 1 aliphatic rings. The van der Waals surface area contributed by atoms with Crippen LogP contribution in [0.25, 0.3) is 4.96 Å². The van der Waals surface area contributed by atoms with Crippen molar-refractivity contribution in [2.45, 2.75) is 13.5 Å². The normalized spacial score (nSPS) is 15.4. The van der Waals surface area contributed by atoms with Crippen molar-refractivity contribution in [3.05, 3.63) is 61.5 Å². The Kier molecular flexibility index (Phi) is 4.58. The fourth-order valence-corrected chi connectivity index (χ4v) is 4.15. The first-order chi connectivity index (χ1) is 13.0. The highest BCUT2D eigenvalue weighted by Crippen LogP contribution is 2.21. The molecule has 0 aliphatic carbocycles. The highest BCUT2D eigenvalue weighted by Gasteiger charge is 2.19. The standard InChI is InChI=1S/C17H18N6O3S/c1-12-10-16(24)22-17(18-12)27-15(19-22)11-20-6-8-21(9-7-20)13-2-4-14(5-3-13)23(25)26/h2-5,10H,6-9,11H2,1H3. The maximum absolute atomic E-state index is 12.0. The van der Waals surface area contributed by atoms with E-state index >= 15 is 0 Å². The maximum atomic E-state index is 12.0. The van der Waals surface area contributed by atoms with Crippen LogP contribution in [0.3, 0.4) is 0 Å². The molecule has 1 fully saturated rings. The van der Waals surface area contributed by atoms with Gasteiger partial charge in [0.05, 0.1) is 11.5 Å². The van der Waals surface area contributed by atoms with Crippen LogP contribution in [0.5, 0.6) is 0 Å². The Morgan fingerprint density at radius 2 is 1.89 bits per heavy atom. The van der Waals surface area contributed by atoms with Crippen LogP contribution in [0, 0.1) is 17.0 Å². The third-order valence-corrected chi connectivity index (χ3v) is 5.46. The molecule has 1 aromatic carbocycles. The van der Waals surface area contributed by atoms with Crippen molar-refractivity contribution >= 4 is 27.7 Å². The Balaban J connectivity index is 1.40. The summed E-state index contributed by atoms with van der Waals surface area (Å²) in [6, 6.07) is 8.15. The van der Waals surface area contributed by atoms with E-state index in [1.54, 1.807) is 19.1 Å². The number of anilines is 1. The number of aryl methyl sites for hydroxylation is 1. The fourth-order valence-electron chi connectivity index (χ4n) is 3.16. The molecule has 0 saturated carbocycles. The van der Waals surface area contributed by atoms with Gasteiger partial charge in [-0.15, -0.1) is 0 Å². The number of hydrogen-bond donors (Lipinski definition) is 0. The van der Waals surface area contributed by atoms with Gasteiger partial charge in [0.2, 0.25) is 4.96 Å². The predicted molar refractivity (Wildman–Crippen MR) is 102 cm³/mol. The molecule has 0 N–H and O–H groups in total. The third-order valence-electron chi connectivity index (χ3n) is 4.57. The van der Waals surface area contributed by atoms with E-state index in [9.17, 15) is 14.9 Å². The number of non-ortho nitro benzene ring substituents is 1. The van der Waals surface area contributed by atoms with Gasteiger partial charge < -0.3 is 4.90 Å². The first-order valence-corrected chi connectivity index (χ1v) is 9.39. The average molecular weight is 386 g/mol. The second-order valence-electron chi connectivity index (χ2n) is 6.46. The molecule has 140 valence electrons. The monoisotopic (exact) mass is 386 g/mol. The largest absolute Gasteiger partial charge is 0.369 e. The maximum Gasteiger partial charge on any atom is 0.275 e. The van der Waals surface area contributed by atoms with Crippen LogP contribution >= 0.6 is 11.3 Å². The lowest BCUT2D eigenvalue weighted by atomic mass is 10.2. The molecule has 0 amide bonds. The lowest BCUT2D eigenvalue weighted by molar-refractivity contribution is -0.384. The molecular formula is C17H18N6O3S. The zero-order valence-corrected chi connectivity index (χ0v) is 15.6. The molecule has 9 nitrogen and oxygen atoms in total. The number of hydrogen-bond acceptors (Lipinski definition) is 8. The van der Waals surface area contributed by atoms with Gasteiger partial charge in [-0.3, -0.25) is 19.8 Å². The summed E-state index contributed by atoms with van der Waals surface area (Å²) in [5, 5.41) is 16.0. The summed E-state index contributed by atoms with van der Waals surface area (Å²) >= 11 is 1.44. The Hall–Kier alpha value is -2.85. The number of piperazine rings is 1. The zero-order chi connectivity index (χ0) is 19.0. The topological polar surface area (TPSA) is 96.9 Å². The Bertz CT molecular complexity index is 1040. The Morgan fingerprint density at radius 3 is 2.56 bits per heavy atom. The van der Waals surface area contributed by atoms with E-state index < -0.39 is 0 Å². The van der Waals surface area contributed by atoms with Crippen LogP contribution in [0.1, 0.15) is 10.7 Å². The molecule has 1 saturated heterocycles. The first kappa shape index (κ1) is 17.6. The molecule has 0 bridgehead atoms. The van der Waals surface area contributed by atoms with E-state index in [0.717, 1.165) is 36.9 Å². The SMILES string of the molecule is Cc1cc(=O)n2nc(CN3CCN(c4ccc([N+](=O)[O-])cc4)CC3)sc2n1. The van der Waals surface area contributed by atoms with Gasteiger partial charge in [-0.05, 0) is 19.1 Å². The summed E-state index contributed by atoms with van der Waals surface area (Å²) < 4.78 is 1.36. The molecule has 4 rings (SSSR count). The van der Waals surface area contributed by atoms with Gasteiger partial charge in [0.25, 0.3) is 11.2 Å². The molecule has 3 heterocycles. The lowest BCUT2D eigenvalue weighted by Gasteiger charge is -2.35. The number of aromatic nitrogens is 3. The van der Waals surface area contributed by atoms with Gasteiger partial charge >= 0.3 is 0 Å². The third kappa shape index (κ3) is 3.67. The van der Waals surface area contributed by atoms with Gasteiger partial charge in [0, 0.05) is 55.8 Å². The van der Waals surface area contributed by atoms with Gasteiger partial charge in [-0.2, -0.15) is 9.61 Å². The van der Waals surface area contributed by atoms with Crippen LogP contribution in [-0.4, -0.2) is 50.6 Å². The number of benzene rings is 1. The highest BCUT2D eigenvalue weighted by molar-refractivity contribution is 7.16. The van der Waals surface area contributed by atoms with E-state index in [0.29, 0.717) is 17.2 Å². The van der Waals surface area contributed by atoms with Crippen molar-refractivity contribution < 1.29 is 4.92 Å². The molecule has 0 radical (unpaired) electrons. The minimum atomic E-state index is -0.388. The second-order valence-corrected chi connectivity index (χ2v) is 7.50. The van der Waals surface area contributed by atoms with Crippen LogP contribution in [-0.2, 0) is 6.54 Å². The molecule has 10 heteroatoms. The van der Waals surface area contributed by atoms with E-state index in [2.05, 4.69) is 19.9 Å². The van der Waals surface area contributed by atoms with Gasteiger partial charge in [-0.25, -0.2) is 4.98 Å². The fraction of sp³-hybridized carbons (Fsp3) is 0.353. The van der Waals surface area contributed by atoms with Crippen molar-refractivity contribution in [1.82, 2.24) is 19.5 Å². The molecule has 27 heavy (non-hydrogen) atoms. The predicted octanol–water partition coefficient (Wildman–Crippen LogP) is 1.69. The quantitative estimate of drug-likeness (QED) is 0.497. The van der Waals surface area contributed by atoms with Crippen molar-refractivity contribution in [1.29, 1.82) is 0 Å². The van der Waals surface area contributed by atoms with Crippen molar-refractivity contribution in [2.24, 2.45) is 0 Å². The smallest absolute Gasteiger partial charge is 0.275 e. The summed E-state index contributed by atoms with van der Waals surface area (Å²) in [6.07, 6.45) is 0. The number of nitro groups is 1. The molecule has 2 aromatic heterocycles. The summed E-state index contributed by atoms with van der Waals surface area (Å²) in [5.41, 5.74) is 1.65. The second kappa shape index (κ2) is 7.05. The number of fused-ring (bicyclic) bond motifs is 1. The Morgan fingerprint density at radius 1 is 1.19 bits per heavy atom. The molecule has 3 aromatic rings. The van der Waals surface area contributed by atoms with Crippen LogP contribution < -0.4 is 10.5 Å².